The third kappa shape index (κ3) is 1.57. The maximum Gasteiger partial charge on any atom is 0.290 e. The van der Waals surface area contributed by atoms with E-state index in [1.54, 1.807) is 18.2 Å². The molecule has 0 aliphatic rings. The van der Waals surface area contributed by atoms with Gasteiger partial charge in [-0.1, -0.05) is 0 Å². The molecule has 3 aromatic rings. The summed E-state index contributed by atoms with van der Waals surface area (Å²) in [5.41, 5.74) is 1.09. The van der Waals surface area contributed by atoms with Crippen molar-refractivity contribution in [1.82, 2.24) is 4.73 Å². The summed E-state index contributed by atoms with van der Waals surface area (Å²) in [4.78, 5) is 12.2. The Morgan fingerprint density at radius 1 is 1.11 bits per heavy atom. The number of hydrogen-bond donors (Lipinski definition) is 2. The van der Waals surface area contributed by atoms with E-state index in [0.29, 0.717) is 21.2 Å². The normalized spacial score (nSPS) is 11.0. The molecule has 0 fully saturated rings. The van der Waals surface area contributed by atoms with Crippen LogP contribution in [0.4, 0.5) is 0 Å². The summed E-state index contributed by atoms with van der Waals surface area (Å²) in [5, 5.41) is 19.6. The highest BCUT2D eigenvalue weighted by Gasteiger charge is 2.19. The average Bonchev–Trinajstić information content (AvgIpc) is 2.44. The predicted octanol–water partition coefficient (Wildman–Crippen LogP) is 1.66. The standard InChI is InChI=1S/C13H10N2O4/c1-19-9-3-5-11-13(7-9)15(18)12-6-8(16)2-4-10(12)14(11)17/h2-7,18H,1H3/p+1. The van der Waals surface area contributed by atoms with Crippen molar-refractivity contribution >= 4 is 22.1 Å². The lowest BCUT2D eigenvalue weighted by Crippen LogP contribution is -2.20. The summed E-state index contributed by atoms with van der Waals surface area (Å²) in [5.74, 6) is 0.493. The second-order valence-electron chi connectivity index (χ2n) is 4.13. The van der Waals surface area contributed by atoms with Crippen LogP contribution in [0.5, 0.6) is 11.5 Å². The number of nitrogens with zero attached hydrogens (tertiary/aromatic N) is 2. The van der Waals surface area contributed by atoms with Gasteiger partial charge in [-0.3, -0.25) is 0 Å². The van der Waals surface area contributed by atoms with E-state index in [1.807, 2.05) is 0 Å². The SMILES string of the molecule is COc1ccc2c(c1)n(O)c1cc(O)ccc1[n+]2=O. The van der Waals surface area contributed by atoms with Gasteiger partial charge in [0.2, 0.25) is 0 Å². The van der Waals surface area contributed by atoms with Crippen LogP contribution >= 0.6 is 0 Å². The molecule has 19 heavy (non-hydrogen) atoms. The molecule has 0 saturated heterocycles. The molecular formula is C13H11N2O4+. The van der Waals surface area contributed by atoms with Gasteiger partial charge in [0.25, 0.3) is 11.0 Å². The van der Waals surface area contributed by atoms with Gasteiger partial charge in [-0.05, 0) is 12.1 Å². The predicted molar refractivity (Wildman–Crippen MR) is 68.2 cm³/mol. The number of ether oxygens (including phenoxy) is 1. The third-order valence-corrected chi connectivity index (χ3v) is 3.04. The number of aromatic nitrogens is 2. The Labute approximate surface area is 107 Å². The van der Waals surface area contributed by atoms with Crippen LogP contribution in [0.15, 0.2) is 36.4 Å². The number of phenolic OH excluding ortho intramolecular Hbond substituents is 1. The number of benzene rings is 2. The Morgan fingerprint density at radius 2 is 1.74 bits per heavy atom. The fraction of sp³-hybridized carbons (Fsp3) is 0.0769. The first kappa shape index (κ1) is 11.3. The fourth-order valence-electron chi connectivity index (χ4n) is 2.08. The Kier molecular flexibility index (Phi) is 2.31. The van der Waals surface area contributed by atoms with E-state index in [1.165, 1.54) is 25.3 Å². The summed E-state index contributed by atoms with van der Waals surface area (Å²) in [7, 11) is 1.50. The first-order chi connectivity index (χ1) is 9.11. The fourth-order valence-corrected chi connectivity index (χ4v) is 2.08. The first-order valence-corrected chi connectivity index (χ1v) is 5.59. The molecule has 6 heteroatoms. The van der Waals surface area contributed by atoms with Gasteiger partial charge >= 0.3 is 0 Å². The monoisotopic (exact) mass is 259 g/mol. The lowest BCUT2D eigenvalue weighted by molar-refractivity contribution is -0.433. The van der Waals surface area contributed by atoms with E-state index >= 15 is 0 Å². The van der Waals surface area contributed by atoms with Crippen molar-refractivity contribution in [3.05, 3.63) is 41.3 Å². The van der Waals surface area contributed by atoms with Crippen molar-refractivity contribution in [2.75, 3.05) is 7.11 Å². The maximum atomic E-state index is 12.2. The molecule has 0 bridgehead atoms. The van der Waals surface area contributed by atoms with Crippen LogP contribution in [0, 0.1) is 4.91 Å². The molecule has 96 valence electrons. The molecule has 0 amide bonds. The van der Waals surface area contributed by atoms with Crippen LogP contribution in [0.25, 0.3) is 22.1 Å². The molecule has 0 spiro atoms. The minimum Gasteiger partial charge on any atom is -0.508 e. The average molecular weight is 259 g/mol. The molecule has 0 aliphatic heterocycles. The molecule has 0 radical (unpaired) electrons. The molecule has 6 nitrogen and oxygen atoms in total. The van der Waals surface area contributed by atoms with Crippen molar-refractivity contribution in [1.29, 1.82) is 0 Å². The largest absolute Gasteiger partial charge is 0.508 e. The van der Waals surface area contributed by atoms with E-state index < -0.39 is 0 Å². The number of fused-ring (bicyclic) bond motifs is 2. The van der Waals surface area contributed by atoms with Gasteiger partial charge < -0.3 is 15.1 Å². The van der Waals surface area contributed by atoms with Crippen LogP contribution in [0.1, 0.15) is 0 Å². The molecule has 0 aliphatic carbocycles. The van der Waals surface area contributed by atoms with Crippen LogP contribution in [0.2, 0.25) is 0 Å². The van der Waals surface area contributed by atoms with E-state index in [-0.39, 0.29) is 16.8 Å². The summed E-state index contributed by atoms with van der Waals surface area (Å²) in [6.45, 7) is 0. The summed E-state index contributed by atoms with van der Waals surface area (Å²) in [6.07, 6.45) is 0. The van der Waals surface area contributed by atoms with Gasteiger partial charge in [0.1, 0.15) is 11.5 Å². The van der Waals surface area contributed by atoms with Gasteiger partial charge in [-0.2, -0.15) is 4.73 Å². The Hall–Kier alpha value is -2.76. The number of hydrogen-bond acceptors (Lipinski definition) is 4. The van der Waals surface area contributed by atoms with Crippen molar-refractivity contribution < 1.29 is 19.5 Å². The minimum atomic E-state index is -0.0300. The number of aromatic hydroxyl groups is 1. The Balaban J connectivity index is 2.57. The number of rotatable bonds is 1. The van der Waals surface area contributed by atoms with Crippen LogP contribution in [-0.2, 0) is 0 Å². The molecule has 2 N–H and O–H groups in total. The first-order valence-electron chi connectivity index (χ1n) is 5.59. The lowest BCUT2D eigenvalue weighted by atomic mass is 10.2. The van der Waals surface area contributed by atoms with Crippen LogP contribution in [0.3, 0.4) is 0 Å². The smallest absolute Gasteiger partial charge is 0.290 e. The number of methoxy groups -OCH3 is 1. The van der Waals surface area contributed by atoms with Gasteiger partial charge in [-0.15, -0.1) is 0 Å². The molecule has 0 atom stereocenters. The highest BCUT2D eigenvalue weighted by Crippen LogP contribution is 2.23. The molecule has 1 heterocycles. The highest BCUT2D eigenvalue weighted by atomic mass is 16.5. The third-order valence-electron chi connectivity index (χ3n) is 3.04. The van der Waals surface area contributed by atoms with Gasteiger partial charge in [0.05, 0.1) is 11.5 Å². The quantitative estimate of drug-likeness (QED) is 0.396. The number of phenols is 1. The van der Waals surface area contributed by atoms with Crippen LogP contribution in [-0.4, -0.2) is 22.2 Å². The van der Waals surface area contributed by atoms with E-state index in [4.69, 9.17) is 4.74 Å². The van der Waals surface area contributed by atoms with Gasteiger partial charge in [-0.25, -0.2) is 0 Å². The summed E-state index contributed by atoms with van der Waals surface area (Å²) >= 11 is 0. The van der Waals surface area contributed by atoms with Crippen molar-refractivity contribution in [3.8, 4) is 11.5 Å². The Bertz CT molecular complexity index is 854. The molecule has 2 aromatic carbocycles. The molecule has 0 unspecified atom stereocenters. The topological polar surface area (TPSA) is 77.6 Å². The second-order valence-corrected chi connectivity index (χ2v) is 4.13. The van der Waals surface area contributed by atoms with Gasteiger partial charge in [0.15, 0.2) is 11.0 Å². The van der Waals surface area contributed by atoms with Gasteiger partial charge in [0, 0.05) is 29.2 Å². The highest BCUT2D eigenvalue weighted by molar-refractivity contribution is 5.83. The van der Waals surface area contributed by atoms with Crippen molar-refractivity contribution in [2.24, 2.45) is 0 Å². The molecule has 1 aromatic heterocycles. The maximum absolute atomic E-state index is 12.2. The van der Waals surface area contributed by atoms with E-state index in [0.717, 1.165) is 4.73 Å². The van der Waals surface area contributed by atoms with Crippen molar-refractivity contribution in [3.63, 3.8) is 0 Å². The van der Waals surface area contributed by atoms with Crippen molar-refractivity contribution in [2.45, 2.75) is 0 Å². The lowest BCUT2D eigenvalue weighted by Gasteiger charge is -2.05. The zero-order chi connectivity index (χ0) is 13.6. The molecular weight excluding hydrogens is 248 g/mol. The minimum absolute atomic E-state index is 0.0300. The molecule has 3 rings (SSSR count). The second kappa shape index (κ2) is 3.88. The summed E-state index contributed by atoms with van der Waals surface area (Å²) in [6, 6.07) is 8.93. The van der Waals surface area contributed by atoms with Crippen LogP contribution < -0.4 is 9.16 Å². The Morgan fingerprint density at radius 3 is 2.42 bits per heavy atom. The molecule has 0 saturated carbocycles. The zero-order valence-electron chi connectivity index (χ0n) is 10.1. The summed E-state index contributed by atoms with van der Waals surface area (Å²) < 4.78 is 6.63. The van der Waals surface area contributed by atoms with E-state index in [2.05, 4.69) is 0 Å². The zero-order valence-corrected chi connectivity index (χ0v) is 10.1. The van der Waals surface area contributed by atoms with E-state index in [9.17, 15) is 15.2 Å².